The van der Waals surface area contributed by atoms with Crippen molar-refractivity contribution in [1.29, 1.82) is 0 Å². The Morgan fingerprint density at radius 1 is 1.00 bits per heavy atom. The van der Waals surface area contributed by atoms with Gasteiger partial charge in [-0.3, -0.25) is 4.57 Å². The molecule has 0 N–H and O–H groups in total. The van der Waals surface area contributed by atoms with Crippen molar-refractivity contribution in [2.24, 2.45) is 5.11 Å². The first-order valence-corrected chi connectivity index (χ1v) is 16.4. The van der Waals surface area contributed by atoms with Gasteiger partial charge in [0.1, 0.15) is 25.3 Å². The molecule has 0 aliphatic heterocycles. The van der Waals surface area contributed by atoms with Crippen LogP contribution in [0, 0.1) is 0 Å². The Bertz CT molecular complexity index is 963. The van der Waals surface area contributed by atoms with Crippen LogP contribution in [-0.4, -0.2) is 63.5 Å². The van der Waals surface area contributed by atoms with Crippen molar-refractivity contribution >= 4 is 13.8 Å². The lowest BCUT2D eigenvalue weighted by Crippen LogP contribution is -2.37. The number of rotatable bonds is 24. The van der Waals surface area contributed by atoms with E-state index in [1.165, 1.54) is 57.8 Å². The minimum Gasteiger partial charge on any atom is -0.756 e. The topological polar surface area (TPSA) is 134 Å². The molecular formula is C30H51N4O6P. The summed E-state index contributed by atoms with van der Waals surface area (Å²) < 4.78 is 28.4. The molecule has 11 heteroatoms. The van der Waals surface area contributed by atoms with Crippen molar-refractivity contribution in [3.05, 3.63) is 58.5 Å². The van der Waals surface area contributed by atoms with Gasteiger partial charge in [0, 0.05) is 4.91 Å². The van der Waals surface area contributed by atoms with Crippen molar-refractivity contribution in [3.63, 3.8) is 0 Å². The van der Waals surface area contributed by atoms with E-state index in [9.17, 15) is 14.3 Å². The first-order chi connectivity index (χ1) is 19.6. The standard InChI is InChI=1S/C30H51N4O6P/c1-5-6-7-8-9-10-11-12-13-14-15-16-20-23-29(40-30(35)27-21-18-17-19-22-27)28(32-33-31)26-39-41(36,37)38-25-24-34(2,3)4/h17-23,28-29H,5-16,24-26H2,1-4H3/b23-20+/t28-,29+/m0/s1. The Labute approximate surface area is 246 Å². The highest BCUT2D eigenvalue weighted by Gasteiger charge is 2.25. The predicted molar refractivity (Wildman–Crippen MR) is 161 cm³/mol. The van der Waals surface area contributed by atoms with E-state index in [-0.39, 0.29) is 6.61 Å². The number of carbonyl (C=O) groups is 1. The molecule has 0 heterocycles. The number of esters is 1. The minimum absolute atomic E-state index is 0.0538. The molecule has 0 aliphatic carbocycles. The van der Waals surface area contributed by atoms with Crippen molar-refractivity contribution in [3.8, 4) is 0 Å². The number of allylic oxidation sites excluding steroid dienone is 1. The molecule has 3 atom stereocenters. The lowest BCUT2D eigenvalue weighted by atomic mass is 10.0. The van der Waals surface area contributed by atoms with E-state index in [0.717, 1.165) is 19.3 Å². The number of ether oxygens (including phenoxy) is 1. The van der Waals surface area contributed by atoms with E-state index in [4.69, 9.17) is 19.3 Å². The second-order valence-electron chi connectivity index (χ2n) is 11.4. The molecular weight excluding hydrogens is 543 g/mol. The largest absolute Gasteiger partial charge is 0.756 e. The van der Waals surface area contributed by atoms with E-state index in [2.05, 4.69) is 16.9 Å². The van der Waals surface area contributed by atoms with E-state index in [0.29, 0.717) is 16.6 Å². The Kier molecular flexibility index (Phi) is 19.3. The first kappa shape index (κ1) is 36.8. The Balaban J connectivity index is 2.67. The summed E-state index contributed by atoms with van der Waals surface area (Å²) in [6.07, 6.45) is 17.0. The zero-order valence-electron chi connectivity index (χ0n) is 25.5. The fraction of sp³-hybridized carbons (Fsp3) is 0.700. The second kappa shape index (κ2) is 21.5. The summed E-state index contributed by atoms with van der Waals surface area (Å²) in [6.45, 7) is 2.11. The van der Waals surface area contributed by atoms with E-state index in [1.807, 2.05) is 27.2 Å². The maximum absolute atomic E-state index is 12.8. The van der Waals surface area contributed by atoms with Crippen LogP contribution in [0.1, 0.15) is 94.3 Å². The fourth-order valence-electron chi connectivity index (χ4n) is 4.06. The van der Waals surface area contributed by atoms with E-state index < -0.39 is 32.5 Å². The number of benzene rings is 1. The molecule has 0 amide bonds. The van der Waals surface area contributed by atoms with Gasteiger partial charge in [-0.05, 0) is 36.6 Å². The molecule has 0 fully saturated rings. The molecule has 1 aromatic rings. The Morgan fingerprint density at radius 2 is 1.59 bits per heavy atom. The third-order valence-electron chi connectivity index (χ3n) is 6.55. The van der Waals surface area contributed by atoms with Crippen molar-refractivity contribution < 1.29 is 32.5 Å². The molecule has 1 unspecified atom stereocenters. The van der Waals surface area contributed by atoms with Crippen LogP contribution in [0.2, 0.25) is 0 Å². The van der Waals surface area contributed by atoms with Crippen LogP contribution in [0.15, 0.2) is 47.6 Å². The molecule has 0 aliphatic rings. The highest BCUT2D eigenvalue weighted by Crippen LogP contribution is 2.38. The normalized spacial score (nSPS) is 14.8. The van der Waals surface area contributed by atoms with Crippen LogP contribution in [-0.2, 0) is 18.3 Å². The molecule has 0 radical (unpaired) electrons. The molecule has 232 valence electrons. The van der Waals surface area contributed by atoms with Crippen LogP contribution < -0.4 is 4.89 Å². The smallest absolute Gasteiger partial charge is 0.338 e. The molecule has 41 heavy (non-hydrogen) atoms. The summed E-state index contributed by atoms with van der Waals surface area (Å²) in [6, 6.07) is 7.32. The molecule has 1 aromatic carbocycles. The number of unbranched alkanes of at least 4 members (excludes halogenated alkanes) is 11. The zero-order chi connectivity index (χ0) is 30.4. The number of nitrogens with zero attached hydrogens (tertiary/aromatic N) is 4. The fourth-order valence-corrected chi connectivity index (χ4v) is 4.78. The number of carbonyl (C=O) groups excluding carboxylic acids is 1. The molecule has 0 aromatic heterocycles. The van der Waals surface area contributed by atoms with Gasteiger partial charge in [0.2, 0.25) is 0 Å². The lowest BCUT2D eigenvalue weighted by Gasteiger charge is -2.28. The summed E-state index contributed by atoms with van der Waals surface area (Å²) in [4.78, 5) is 27.9. The summed E-state index contributed by atoms with van der Waals surface area (Å²) >= 11 is 0. The summed E-state index contributed by atoms with van der Waals surface area (Å²) in [5.41, 5.74) is 9.47. The summed E-state index contributed by atoms with van der Waals surface area (Å²) in [5.74, 6) is -0.613. The number of likely N-dealkylation sites (N-methyl/N-ethyl adjacent to an activating group) is 1. The minimum atomic E-state index is -4.66. The van der Waals surface area contributed by atoms with Gasteiger partial charge in [0.15, 0.2) is 0 Å². The lowest BCUT2D eigenvalue weighted by molar-refractivity contribution is -0.870. The third-order valence-corrected chi connectivity index (χ3v) is 7.51. The average Bonchev–Trinajstić information content (AvgIpc) is 2.92. The number of hydrogen-bond donors (Lipinski definition) is 0. The SMILES string of the molecule is CCCCCCCCCCCCC/C=C/[C@@H](OC(=O)c1ccccc1)[C@H](COP(=O)([O-])OCC[N+](C)(C)C)N=[N+]=[N-]. The highest BCUT2D eigenvalue weighted by molar-refractivity contribution is 7.45. The van der Waals surface area contributed by atoms with Gasteiger partial charge in [0.05, 0.1) is 33.3 Å². The number of phosphoric ester groups is 1. The van der Waals surface area contributed by atoms with Crippen molar-refractivity contribution in [2.45, 2.75) is 96.1 Å². The number of hydrogen-bond acceptors (Lipinski definition) is 7. The number of quaternary nitrogens is 1. The maximum Gasteiger partial charge on any atom is 0.338 e. The van der Waals surface area contributed by atoms with E-state index in [1.54, 1.807) is 36.4 Å². The average molecular weight is 595 g/mol. The Hall–Kier alpha value is -2.19. The monoisotopic (exact) mass is 594 g/mol. The summed E-state index contributed by atoms with van der Waals surface area (Å²) in [7, 11) is 1.07. The van der Waals surface area contributed by atoms with Gasteiger partial charge in [-0.2, -0.15) is 0 Å². The van der Waals surface area contributed by atoms with Crippen LogP contribution in [0.25, 0.3) is 10.4 Å². The number of phosphoric acid groups is 1. The van der Waals surface area contributed by atoms with Gasteiger partial charge >= 0.3 is 5.97 Å². The first-order valence-electron chi connectivity index (χ1n) is 15.0. The molecule has 10 nitrogen and oxygen atoms in total. The van der Waals surface area contributed by atoms with Crippen LogP contribution in [0.5, 0.6) is 0 Å². The zero-order valence-corrected chi connectivity index (χ0v) is 26.4. The summed E-state index contributed by atoms with van der Waals surface area (Å²) in [5, 5.41) is 3.68. The number of azide groups is 1. The highest BCUT2D eigenvalue weighted by atomic mass is 31.2. The van der Waals surface area contributed by atoms with Gasteiger partial charge < -0.3 is 23.2 Å². The van der Waals surface area contributed by atoms with Crippen LogP contribution in [0.3, 0.4) is 0 Å². The molecule has 0 bridgehead atoms. The maximum atomic E-state index is 12.8. The van der Waals surface area contributed by atoms with E-state index >= 15 is 0 Å². The van der Waals surface area contributed by atoms with Crippen LogP contribution in [0.4, 0.5) is 0 Å². The predicted octanol–water partition coefficient (Wildman–Crippen LogP) is 7.36. The quantitative estimate of drug-likeness (QED) is 0.0179. The van der Waals surface area contributed by atoms with Gasteiger partial charge in [-0.25, -0.2) is 4.79 Å². The molecule has 0 saturated carbocycles. The van der Waals surface area contributed by atoms with Crippen molar-refractivity contribution in [2.75, 3.05) is 40.9 Å². The van der Waals surface area contributed by atoms with Crippen molar-refractivity contribution in [1.82, 2.24) is 0 Å². The van der Waals surface area contributed by atoms with Gasteiger partial charge in [-0.1, -0.05) is 101 Å². The van der Waals surface area contributed by atoms with Crippen LogP contribution >= 0.6 is 7.82 Å². The van der Waals surface area contributed by atoms with Gasteiger partial charge in [-0.15, -0.1) is 0 Å². The molecule has 1 rings (SSSR count). The molecule has 0 saturated heterocycles. The van der Waals surface area contributed by atoms with Gasteiger partial charge in [0.25, 0.3) is 7.82 Å². The Morgan fingerprint density at radius 3 is 2.15 bits per heavy atom. The second-order valence-corrected chi connectivity index (χ2v) is 12.8. The third kappa shape index (κ3) is 19.5. The molecule has 0 spiro atoms.